The van der Waals surface area contributed by atoms with Crippen LogP contribution >= 0.6 is 0 Å². The molecule has 1 saturated heterocycles. The number of aliphatic hydroxyl groups excluding tert-OH is 1. The Bertz CT molecular complexity index is 1250. The van der Waals surface area contributed by atoms with Crippen LogP contribution in [0, 0.1) is 17.8 Å². The second-order valence-electron chi connectivity index (χ2n) is 13.6. The average Bonchev–Trinajstić information content (AvgIpc) is 3.49. The molecule has 2 aromatic carbocycles. The molecule has 0 amide bonds. The lowest BCUT2D eigenvalue weighted by Gasteiger charge is -2.30. The smallest absolute Gasteiger partial charge is 0.306 e. The van der Waals surface area contributed by atoms with Gasteiger partial charge in [0, 0.05) is 37.6 Å². The van der Waals surface area contributed by atoms with Crippen LogP contribution in [-0.2, 0) is 37.3 Å². The first-order valence-electron chi connectivity index (χ1n) is 15.2. The quantitative estimate of drug-likeness (QED) is 0.257. The van der Waals surface area contributed by atoms with Crippen molar-refractivity contribution in [1.82, 2.24) is 4.31 Å². The van der Waals surface area contributed by atoms with E-state index in [1.165, 1.54) is 4.31 Å². The van der Waals surface area contributed by atoms with Crippen LogP contribution < -0.4 is 0 Å². The number of nitrogens with zero attached hydrogens (tertiary/aromatic N) is 2. The van der Waals surface area contributed by atoms with Crippen molar-refractivity contribution in [3.63, 3.8) is 0 Å². The number of benzene rings is 2. The van der Waals surface area contributed by atoms with Gasteiger partial charge in [0.05, 0.1) is 44.7 Å². The number of carbonyl (C=O) groups is 1. The molecule has 0 aromatic heterocycles. The van der Waals surface area contributed by atoms with Crippen molar-refractivity contribution >= 4 is 16.0 Å². The largest absolute Gasteiger partial charge is 0.462 e. The molecule has 42 heavy (non-hydrogen) atoms. The van der Waals surface area contributed by atoms with Crippen molar-refractivity contribution < 1.29 is 32.3 Å². The summed E-state index contributed by atoms with van der Waals surface area (Å²) in [6.07, 6.45) is 1.93. The number of hydrogen-bond acceptors (Lipinski definition) is 6. The molecular formula is C33H49N2O6S+. The SMILES string of the molecule is CC(C)CN(C[C@@H](O)[C@@H](CC(=O)OC1CC2CCO[C@@H]2C1)Cc1ccccc1)S(=O)(=O)c1ccc(C[N+](C)(C)C)cc1. The van der Waals surface area contributed by atoms with Gasteiger partial charge in [0.15, 0.2) is 0 Å². The molecule has 1 heterocycles. The highest BCUT2D eigenvalue weighted by Crippen LogP contribution is 2.37. The molecule has 4 rings (SSSR count). The van der Waals surface area contributed by atoms with Crippen LogP contribution in [0.1, 0.15) is 50.7 Å². The summed E-state index contributed by atoms with van der Waals surface area (Å²) in [6, 6.07) is 16.7. The molecule has 1 aliphatic heterocycles. The lowest BCUT2D eigenvalue weighted by Crippen LogP contribution is -2.43. The van der Waals surface area contributed by atoms with Crippen LogP contribution in [0.15, 0.2) is 59.5 Å². The molecule has 2 unspecified atom stereocenters. The van der Waals surface area contributed by atoms with E-state index < -0.39 is 22.0 Å². The van der Waals surface area contributed by atoms with Gasteiger partial charge in [0.25, 0.3) is 0 Å². The van der Waals surface area contributed by atoms with E-state index in [9.17, 15) is 18.3 Å². The summed E-state index contributed by atoms with van der Waals surface area (Å²) < 4.78 is 41.4. The minimum absolute atomic E-state index is 0.0120. The summed E-state index contributed by atoms with van der Waals surface area (Å²) in [6.45, 7) is 5.62. The molecule has 2 aliphatic rings. The molecule has 1 saturated carbocycles. The first kappa shape index (κ1) is 32.6. The Labute approximate surface area is 252 Å². The number of aliphatic hydroxyl groups is 1. The second-order valence-corrected chi connectivity index (χ2v) is 15.5. The molecule has 0 radical (unpaired) electrons. The fraction of sp³-hybridized carbons (Fsp3) is 0.606. The fourth-order valence-corrected chi connectivity index (χ4v) is 7.84. The number of hydrogen-bond donors (Lipinski definition) is 1. The molecule has 232 valence electrons. The van der Waals surface area contributed by atoms with Crippen LogP contribution in [0.4, 0.5) is 0 Å². The van der Waals surface area contributed by atoms with E-state index in [0.717, 1.165) is 48.0 Å². The van der Waals surface area contributed by atoms with Crippen molar-refractivity contribution in [2.24, 2.45) is 17.8 Å². The average molecular weight is 602 g/mol. The zero-order valence-corrected chi connectivity index (χ0v) is 26.6. The third kappa shape index (κ3) is 9.10. The number of esters is 1. The lowest BCUT2D eigenvalue weighted by atomic mass is 9.90. The highest BCUT2D eigenvalue weighted by molar-refractivity contribution is 7.89. The standard InChI is InChI=1S/C33H49N2O6S/c1-24(2)21-34(42(38,39)30-13-11-26(12-14-30)23-35(3,4)5)22-31(36)28(17-25-9-7-6-8-10-25)19-33(37)41-29-18-27-15-16-40-32(27)20-29/h6-14,24,27-29,31-32,36H,15-23H2,1-5H3/q+1/t27?,28-,29?,31-,32-/m1/s1. The summed E-state index contributed by atoms with van der Waals surface area (Å²) in [7, 11) is 2.39. The van der Waals surface area contributed by atoms with E-state index in [0.29, 0.717) is 12.3 Å². The van der Waals surface area contributed by atoms with Crippen LogP contribution in [0.25, 0.3) is 0 Å². The van der Waals surface area contributed by atoms with Gasteiger partial charge in [-0.15, -0.1) is 0 Å². The summed E-state index contributed by atoms with van der Waals surface area (Å²) in [5.41, 5.74) is 2.03. The lowest BCUT2D eigenvalue weighted by molar-refractivity contribution is -0.884. The molecule has 9 heteroatoms. The molecule has 0 spiro atoms. The minimum Gasteiger partial charge on any atom is -0.462 e. The maximum atomic E-state index is 13.8. The van der Waals surface area contributed by atoms with Crippen molar-refractivity contribution in [1.29, 1.82) is 0 Å². The highest BCUT2D eigenvalue weighted by atomic mass is 32.2. The topological polar surface area (TPSA) is 93.1 Å². The summed E-state index contributed by atoms with van der Waals surface area (Å²) in [5.74, 6) is -0.365. The van der Waals surface area contributed by atoms with Crippen LogP contribution in [0.2, 0.25) is 0 Å². The van der Waals surface area contributed by atoms with Gasteiger partial charge in [-0.2, -0.15) is 4.31 Å². The van der Waals surface area contributed by atoms with Gasteiger partial charge in [0.1, 0.15) is 12.6 Å². The number of quaternary nitrogens is 1. The maximum Gasteiger partial charge on any atom is 0.306 e. The number of carbonyl (C=O) groups excluding carboxylic acids is 1. The zero-order chi connectivity index (χ0) is 30.5. The Morgan fingerprint density at radius 1 is 1.02 bits per heavy atom. The fourth-order valence-electron chi connectivity index (χ4n) is 6.22. The molecule has 8 nitrogen and oxygen atoms in total. The van der Waals surface area contributed by atoms with Gasteiger partial charge >= 0.3 is 5.97 Å². The number of ether oxygens (including phenoxy) is 2. The Balaban J connectivity index is 1.49. The molecule has 2 fully saturated rings. The van der Waals surface area contributed by atoms with E-state index in [4.69, 9.17) is 9.47 Å². The Kier molecular flexibility index (Phi) is 10.9. The minimum atomic E-state index is -3.88. The Morgan fingerprint density at radius 2 is 1.71 bits per heavy atom. The third-order valence-corrected chi connectivity index (χ3v) is 10.0. The van der Waals surface area contributed by atoms with Crippen LogP contribution in [0.3, 0.4) is 0 Å². The summed E-state index contributed by atoms with van der Waals surface area (Å²) in [5, 5.41) is 11.5. The van der Waals surface area contributed by atoms with E-state index in [1.54, 1.807) is 12.1 Å². The normalized spacial score (nSPS) is 22.3. The predicted octanol–water partition coefficient (Wildman–Crippen LogP) is 4.26. The van der Waals surface area contributed by atoms with E-state index in [2.05, 4.69) is 21.1 Å². The molecule has 1 N–H and O–H groups in total. The van der Waals surface area contributed by atoms with Crippen LogP contribution in [-0.4, -0.2) is 87.4 Å². The zero-order valence-electron chi connectivity index (χ0n) is 25.8. The Hall–Kier alpha value is -2.30. The van der Waals surface area contributed by atoms with Crippen molar-refractivity contribution in [2.45, 2.75) is 75.7 Å². The molecule has 0 bridgehead atoms. The number of rotatable bonds is 14. The highest BCUT2D eigenvalue weighted by Gasteiger charge is 2.40. The molecule has 2 aromatic rings. The van der Waals surface area contributed by atoms with E-state index >= 15 is 0 Å². The van der Waals surface area contributed by atoms with Crippen molar-refractivity contribution in [2.75, 3.05) is 40.8 Å². The third-order valence-electron chi connectivity index (χ3n) is 8.20. The van der Waals surface area contributed by atoms with Crippen molar-refractivity contribution in [3.8, 4) is 0 Å². The van der Waals surface area contributed by atoms with Gasteiger partial charge in [0.2, 0.25) is 10.0 Å². The van der Waals surface area contributed by atoms with Gasteiger partial charge in [-0.3, -0.25) is 4.79 Å². The maximum absolute atomic E-state index is 13.8. The molecule has 5 atom stereocenters. The number of sulfonamides is 1. The van der Waals surface area contributed by atoms with Crippen LogP contribution in [0.5, 0.6) is 0 Å². The summed E-state index contributed by atoms with van der Waals surface area (Å²) >= 11 is 0. The van der Waals surface area contributed by atoms with Crippen molar-refractivity contribution in [3.05, 3.63) is 65.7 Å². The van der Waals surface area contributed by atoms with Gasteiger partial charge < -0.3 is 19.1 Å². The molecule has 1 aliphatic carbocycles. The summed E-state index contributed by atoms with van der Waals surface area (Å²) in [4.78, 5) is 13.3. The predicted molar refractivity (Wildman–Crippen MR) is 163 cm³/mol. The van der Waals surface area contributed by atoms with E-state index in [-0.39, 0.29) is 48.5 Å². The Morgan fingerprint density at radius 3 is 2.33 bits per heavy atom. The second kappa shape index (κ2) is 14.0. The first-order valence-corrected chi connectivity index (χ1v) is 16.7. The van der Waals surface area contributed by atoms with E-state index in [1.807, 2.05) is 56.3 Å². The van der Waals surface area contributed by atoms with Gasteiger partial charge in [-0.1, -0.05) is 56.3 Å². The monoisotopic (exact) mass is 601 g/mol. The van der Waals surface area contributed by atoms with Gasteiger partial charge in [-0.05, 0) is 48.8 Å². The number of fused-ring (bicyclic) bond motifs is 1. The molecular weight excluding hydrogens is 552 g/mol. The van der Waals surface area contributed by atoms with Gasteiger partial charge in [-0.25, -0.2) is 8.42 Å². The first-order chi connectivity index (χ1) is 19.8.